The van der Waals surface area contributed by atoms with Crippen molar-refractivity contribution in [2.24, 2.45) is 0 Å². The highest BCUT2D eigenvalue weighted by atomic mass is 32.2. The number of halogens is 2. The molecule has 1 N–H and O–H groups in total. The monoisotopic (exact) mass is 348 g/mol. The molecule has 0 radical (unpaired) electrons. The summed E-state index contributed by atoms with van der Waals surface area (Å²) < 4.78 is 55.6. The van der Waals surface area contributed by atoms with Crippen molar-refractivity contribution in [3.05, 3.63) is 24.3 Å². The van der Waals surface area contributed by atoms with Gasteiger partial charge in [-0.2, -0.15) is 8.78 Å². The van der Waals surface area contributed by atoms with Crippen LogP contribution in [0.25, 0.3) is 0 Å². The quantitative estimate of drug-likeness (QED) is 0.724. The summed E-state index contributed by atoms with van der Waals surface area (Å²) in [5, 5.41) is 0. The average Bonchev–Trinajstić information content (AvgIpc) is 2.89. The topological polar surface area (TPSA) is 75.7 Å². The second-order valence-electron chi connectivity index (χ2n) is 5.06. The zero-order valence-electron chi connectivity index (χ0n) is 12.4. The summed E-state index contributed by atoms with van der Waals surface area (Å²) in [7, 11) is -3.96. The lowest BCUT2D eigenvalue weighted by molar-refractivity contribution is -0.127. The minimum absolute atomic E-state index is 0.0727. The second kappa shape index (κ2) is 7.69. The lowest BCUT2D eigenvalue weighted by Gasteiger charge is -2.16. The Hall–Kier alpha value is -1.74. The Morgan fingerprint density at radius 2 is 2.04 bits per heavy atom. The van der Waals surface area contributed by atoms with E-state index in [-0.39, 0.29) is 17.3 Å². The number of sulfonamides is 1. The number of carbonyl (C=O) groups excluding carboxylic acids is 1. The van der Waals surface area contributed by atoms with E-state index in [0.717, 1.165) is 6.42 Å². The van der Waals surface area contributed by atoms with Crippen LogP contribution in [-0.4, -0.2) is 45.5 Å². The van der Waals surface area contributed by atoms with Crippen LogP contribution in [0.4, 0.5) is 8.78 Å². The van der Waals surface area contributed by atoms with Crippen molar-refractivity contribution >= 4 is 15.9 Å². The van der Waals surface area contributed by atoms with E-state index in [4.69, 9.17) is 0 Å². The molecule has 1 heterocycles. The summed E-state index contributed by atoms with van der Waals surface area (Å²) >= 11 is 0. The van der Waals surface area contributed by atoms with Crippen LogP contribution < -0.4 is 9.46 Å². The highest BCUT2D eigenvalue weighted by Gasteiger charge is 2.22. The Bertz CT molecular complexity index is 652. The molecule has 1 aromatic rings. The van der Waals surface area contributed by atoms with Crippen LogP contribution in [0.3, 0.4) is 0 Å². The number of likely N-dealkylation sites (tertiary alicyclic amines) is 1. The minimum atomic E-state index is -3.96. The van der Waals surface area contributed by atoms with Crippen LogP contribution in [0.2, 0.25) is 0 Å². The summed E-state index contributed by atoms with van der Waals surface area (Å²) in [6, 6.07) is 5.21. The van der Waals surface area contributed by atoms with Gasteiger partial charge in [-0.25, -0.2) is 13.1 Å². The summed E-state index contributed by atoms with van der Waals surface area (Å²) in [6.07, 6.45) is 1.80. The molecule has 0 aliphatic carbocycles. The number of benzene rings is 1. The van der Waals surface area contributed by atoms with E-state index < -0.39 is 22.4 Å². The van der Waals surface area contributed by atoms with Crippen LogP contribution >= 0.6 is 0 Å². The van der Waals surface area contributed by atoms with Gasteiger partial charge in [0.2, 0.25) is 15.9 Å². The molecule has 1 fully saturated rings. The lowest BCUT2D eigenvalue weighted by atomic mass is 10.3. The van der Waals surface area contributed by atoms with Gasteiger partial charge in [0, 0.05) is 26.1 Å². The molecule has 1 amide bonds. The number of carbonyl (C=O) groups is 1. The number of hydrogen-bond acceptors (Lipinski definition) is 4. The fraction of sp³-hybridized carbons (Fsp3) is 0.500. The summed E-state index contributed by atoms with van der Waals surface area (Å²) in [4.78, 5) is 12.8. The van der Waals surface area contributed by atoms with Gasteiger partial charge in [-0.1, -0.05) is 12.1 Å². The summed E-state index contributed by atoms with van der Waals surface area (Å²) in [6.45, 7) is -1.84. The standard InChI is InChI=1S/C14H18F2N2O4S/c15-14(16)22-11-5-1-2-6-12(11)23(20,21)17-8-4-10-18-9-3-7-13(18)19/h1-2,5-6,14,17H,3-4,7-10H2. The van der Waals surface area contributed by atoms with Crippen LogP contribution in [0, 0.1) is 0 Å². The van der Waals surface area contributed by atoms with Gasteiger partial charge in [0.05, 0.1) is 0 Å². The van der Waals surface area contributed by atoms with Crippen molar-refractivity contribution in [1.29, 1.82) is 0 Å². The molecule has 1 aliphatic rings. The molecule has 0 bridgehead atoms. The Morgan fingerprint density at radius 3 is 2.70 bits per heavy atom. The maximum absolute atomic E-state index is 12.3. The van der Waals surface area contributed by atoms with Gasteiger partial charge >= 0.3 is 6.61 Å². The van der Waals surface area contributed by atoms with E-state index in [1.807, 2.05) is 0 Å². The molecule has 1 aliphatic heterocycles. The molecule has 0 spiro atoms. The van der Waals surface area contributed by atoms with Crippen LogP contribution in [-0.2, 0) is 14.8 Å². The van der Waals surface area contributed by atoms with Gasteiger partial charge in [0.25, 0.3) is 0 Å². The highest BCUT2D eigenvalue weighted by Crippen LogP contribution is 2.24. The molecule has 23 heavy (non-hydrogen) atoms. The maximum atomic E-state index is 12.3. The molecule has 0 unspecified atom stereocenters. The minimum Gasteiger partial charge on any atom is -0.433 e. The molecular formula is C14H18F2N2O4S. The van der Waals surface area contributed by atoms with Crippen molar-refractivity contribution in [2.45, 2.75) is 30.8 Å². The zero-order chi connectivity index (χ0) is 16.9. The second-order valence-corrected chi connectivity index (χ2v) is 6.80. The molecule has 1 aromatic carbocycles. The molecule has 9 heteroatoms. The zero-order valence-corrected chi connectivity index (χ0v) is 13.2. The Kier molecular flexibility index (Phi) is 5.89. The van der Waals surface area contributed by atoms with Crippen molar-refractivity contribution in [3.8, 4) is 5.75 Å². The van der Waals surface area contributed by atoms with E-state index in [2.05, 4.69) is 9.46 Å². The maximum Gasteiger partial charge on any atom is 0.387 e. The van der Waals surface area contributed by atoms with Gasteiger partial charge < -0.3 is 9.64 Å². The van der Waals surface area contributed by atoms with E-state index in [9.17, 15) is 22.0 Å². The SMILES string of the molecule is O=C1CCCN1CCCNS(=O)(=O)c1ccccc1OC(F)F. The molecule has 2 rings (SSSR count). The Labute approximate surface area is 133 Å². The lowest BCUT2D eigenvalue weighted by Crippen LogP contribution is -2.31. The van der Waals surface area contributed by atoms with Gasteiger partial charge in [0.15, 0.2) is 0 Å². The van der Waals surface area contributed by atoms with Gasteiger partial charge in [-0.15, -0.1) is 0 Å². The number of para-hydroxylation sites is 1. The molecule has 6 nitrogen and oxygen atoms in total. The molecule has 0 saturated carbocycles. The van der Waals surface area contributed by atoms with Gasteiger partial charge in [-0.3, -0.25) is 4.79 Å². The molecule has 1 saturated heterocycles. The van der Waals surface area contributed by atoms with Crippen molar-refractivity contribution in [2.75, 3.05) is 19.6 Å². The van der Waals surface area contributed by atoms with E-state index >= 15 is 0 Å². The molecule has 0 aromatic heterocycles. The highest BCUT2D eigenvalue weighted by molar-refractivity contribution is 7.89. The molecular weight excluding hydrogens is 330 g/mol. The number of rotatable bonds is 8. The summed E-state index contributed by atoms with van der Waals surface area (Å²) in [5.41, 5.74) is 0. The Balaban J connectivity index is 1.92. The number of amides is 1. The predicted molar refractivity (Wildman–Crippen MR) is 78.7 cm³/mol. The van der Waals surface area contributed by atoms with Crippen molar-refractivity contribution in [1.82, 2.24) is 9.62 Å². The number of hydrogen-bond donors (Lipinski definition) is 1. The van der Waals surface area contributed by atoms with Crippen LogP contribution in [0.15, 0.2) is 29.2 Å². The predicted octanol–water partition coefficient (Wildman–Crippen LogP) is 1.58. The molecule has 128 valence electrons. The first-order chi connectivity index (χ1) is 10.9. The van der Waals surface area contributed by atoms with Crippen LogP contribution in [0.1, 0.15) is 19.3 Å². The van der Waals surface area contributed by atoms with E-state index in [1.165, 1.54) is 24.3 Å². The first kappa shape index (κ1) is 17.6. The first-order valence-electron chi connectivity index (χ1n) is 7.21. The van der Waals surface area contributed by atoms with Crippen molar-refractivity contribution < 1.29 is 26.7 Å². The number of nitrogens with one attached hydrogen (secondary N) is 1. The largest absolute Gasteiger partial charge is 0.433 e. The fourth-order valence-corrected chi connectivity index (χ4v) is 3.57. The van der Waals surface area contributed by atoms with E-state index in [0.29, 0.717) is 25.9 Å². The van der Waals surface area contributed by atoms with E-state index in [1.54, 1.807) is 4.90 Å². The fourth-order valence-electron chi connectivity index (χ4n) is 2.36. The average molecular weight is 348 g/mol. The normalized spacial score (nSPS) is 15.4. The number of ether oxygens (including phenoxy) is 1. The summed E-state index contributed by atoms with van der Waals surface area (Å²) in [5.74, 6) is -0.326. The third-order valence-electron chi connectivity index (χ3n) is 3.42. The first-order valence-corrected chi connectivity index (χ1v) is 8.70. The third kappa shape index (κ3) is 4.87. The molecule has 0 atom stereocenters. The van der Waals surface area contributed by atoms with Gasteiger partial charge in [-0.05, 0) is 25.0 Å². The van der Waals surface area contributed by atoms with Crippen LogP contribution in [0.5, 0.6) is 5.75 Å². The van der Waals surface area contributed by atoms with Gasteiger partial charge in [0.1, 0.15) is 10.6 Å². The Morgan fingerprint density at radius 1 is 1.30 bits per heavy atom. The number of nitrogens with zero attached hydrogens (tertiary/aromatic N) is 1. The van der Waals surface area contributed by atoms with Crippen molar-refractivity contribution in [3.63, 3.8) is 0 Å². The smallest absolute Gasteiger partial charge is 0.387 e. The number of alkyl halides is 2. The third-order valence-corrected chi connectivity index (χ3v) is 4.92.